The lowest BCUT2D eigenvalue weighted by molar-refractivity contribution is -0.0328. The molecule has 1 nitrogen and oxygen atoms in total. The molecule has 0 unspecified atom stereocenters. The molecule has 2 aromatic rings. The first-order valence-corrected chi connectivity index (χ1v) is 7.38. The van der Waals surface area contributed by atoms with Crippen molar-refractivity contribution in [3.05, 3.63) is 58.6 Å². The number of aryl methyl sites for hydroxylation is 1. The fourth-order valence-electron chi connectivity index (χ4n) is 1.86. The predicted molar refractivity (Wildman–Crippen MR) is 81.9 cm³/mol. The van der Waals surface area contributed by atoms with Gasteiger partial charge in [-0.25, -0.2) is 0 Å². The standard InChI is InChI=1S/C15H13ClF3NS/c1-10-3-2-4-13(16)14(10)20-9-11-5-7-12(8-6-11)21-15(17,18)19/h2-8,20H,9H2,1H3. The van der Waals surface area contributed by atoms with E-state index in [1.807, 2.05) is 19.1 Å². The molecule has 2 aromatic carbocycles. The Hall–Kier alpha value is -1.33. The van der Waals surface area contributed by atoms with Gasteiger partial charge in [-0.05, 0) is 48.0 Å². The maximum Gasteiger partial charge on any atom is 0.446 e. The summed E-state index contributed by atoms with van der Waals surface area (Å²) in [7, 11) is 0. The van der Waals surface area contributed by atoms with Crippen molar-refractivity contribution < 1.29 is 13.2 Å². The van der Waals surface area contributed by atoms with Crippen molar-refractivity contribution in [3.63, 3.8) is 0 Å². The molecule has 6 heteroatoms. The van der Waals surface area contributed by atoms with Crippen LogP contribution in [0.2, 0.25) is 5.02 Å². The van der Waals surface area contributed by atoms with Gasteiger partial charge in [-0.1, -0.05) is 35.9 Å². The SMILES string of the molecule is Cc1cccc(Cl)c1NCc1ccc(SC(F)(F)F)cc1. The van der Waals surface area contributed by atoms with E-state index in [0.717, 1.165) is 16.8 Å². The van der Waals surface area contributed by atoms with Gasteiger partial charge in [0.25, 0.3) is 0 Å². The van der Waals surface area contributed by atoms with Crippen molar-refractivity contribution >= 4 is 29.1 Å². The van der Waals surface area contributed by atoms with Crippen molar-refractivity contribution in [1.82, 2.24) is 0 Å². The Morgan fingerprint density at radius 2 is 1.76 bits per heavy atom. The van der Waals surface area contributed by atoms with E-state index < -0.39 is 5.51 Å². The zero-order valence-corrected chi connectivity index (χ0v) is 12.7. The fraction of sp³-hybridized carbons (Fsp3) is 0.200. The minimum atomic E-state index is -4.26. The van der Waals surface area contributed by atoms with Crippen LogP contribution in [0.3, 0.4) is 0 Å². The smallest absolute Gasteiger partial charge is 0.380 e. The van der Waals surface area contributed by atoms with E-state index >= 15 is 0 Å². The lowest BCUT2D eigenvalue weighted by atomic mass is 10.2. The Labute approximate surface area is 130 Å². The minimum Gasteiger partial charge on any atom is -0.380 e. The molecule has 0 saturated carbocycles. The Bertz CT molecular complexity index is 591. The average molecular weight is 332 g/mol. The highest BCUT2D eigenvalue weighted by atomic mass is 35.5. The molecule has 0 spiro atoms. The van der Waals surface area contributed by atoms with Gasteiger partial charge in [0.1, 0.15) is 0 Å². The zero-order valence-electron chi connectivity index (χ0n) is 11.2. The summed E-state index contributed by atoms with van der Waals surface area (Å²) in [6, 6.07) is 11.9. The summed E-state index contributed by atoms with van der Waals surface area (Å²) in [5, 5.41) is 3.83. The largest absolute Gasteiger partial charge is 0.446 e. The van der Waals surface area contributed by atoms with E-state index in [4.69, 9.17) is 11.6 Å². The van der Waals surface area contributed by atoms with Crippen LogP contribution < -0.4 is 5.32 Å². The molecule has 1 N–H and O–H groups in total. The Balaban J connectivity index is 2.01. The maximum atomic E-state index is 12.2. The van der Waals surface area contributed by atoms with Crippen LogP contribution in [0.4, 0.5) is 18.9 Å². The van der Waals surface area contributed by atoms with Crippen LogP contribution >= 0.6 is 23.4 Å². The van der Waals surface area contributed by atoms with Crippen molar-refractivity contribution in [2.75, 3.05) is 5.32 Å². The number of halogens is 4. The van der Waals surface area contributed by atoms with Crippen LogP contribution in [0.15, 0.2) is 47.4 Å². The summed E-state index contributed by atoms with van der Waals surface area (Å²) >= 11 is 5.99. The third-order valence-electron chi connectivity index (χ3n) is 2.85. The van der Waals surface area contributed by atoms with Gasteiger partial charge < -0.3 is 5.32 Å². The van der Waals surface area contributed by atoms with Crippen LogP contribution in [0.5, 0.6) is 0 Å². The van der Waals surface area contributed by atoms with Crippen molar-refractivity contribution in [3.8, 4) is 0 Å². The van der Waals surface area contributed by atoms with Gasteiger partial charge >= 0.3 is 5.51 Å². The summed E-state index contributed by atoms with van der Waals surface area (Å²) in [6.07, 6.45) is 0. The first kappa shape index (κ1) is 16.0. The molecule has 0 fully saturated rings. The van der Waals surface area contributed by atoms with Crippen LogP contribution in [-0.2, 0) is 6.54 Å². The second-order valence-corrected chi connectivity index (χ2v) is 6.02. The summed E-state index contributed by atoms with van der Waals surface area (Å²) in [6.45, 7) is 2.44. The molecule has 0 saturated heterocycles. The second kappa shape index (κ2) is 6.62. The zero-order chi connectivity index (χ0) is 15.5. The molecule has 0 aliphatic heterocycles. The summed E-state index contributed by atoms with van der Waals surface area (Å²) in [5.41, 5.74) is -1.51. The monoisotopic (exact) mass is 331 g/mol. The number of para-hydroxylation sites is 1. The highest BCUT2D eigenvalue weighted by Gasteiger charge is 2.28. The maximum absolute atomic E-state index is 12.2. The Morgan fingerprint density at radius 1 is 1.10 bits per heavy atom. The van der Waals surface area contributed by atoms with Gasteiger partial charge in [-0.2, -0.15) is 13.2 Å². The number of thioether (sulfide) groups is 1. The average Bonchev–Trinajstić information content (AvgIpc) is 2.38. The lowest BCUT2D eigenvalue weighted by Gasteiger charge is -2.12. The summed E-state index contributed by atoms with van der Waals surface area (Å²) in [4.78, 5) is 0.181. The summed E-state index contributed by atoms with van der Waals surface area (Å²) < 4.78 is 36.7. The molecule has 0 atom stereocenters. The number of hydrogen-bond acceptors (Lipinski definition) is 2. The number of benzene rings is 2. The minimum absolute atomic E-state index is 0.113. The van der Waals surface area contributed by atoms with E-state index in [9.17, 15) is 13.2 Å². The highest BCUT2D eigenvalue weighted by molar-refractivity contribution is 8.00. The first-order chi connectivity index (χ1) is 9.85. The van der Waals surface area contributed by atoms with E-state index in [-0.39, 0.29) is 16.7 Å². The first-order valence-electron chi connectivity index (χ1n) is 6.19. The fourth-order valence-corrected chi connectivity index (χ4v) is 2.68. The van der Waals surface area contributed by atoms with Gasteiger partial charge in [0.15, 0.2) is 0 Å². The van der Waals surface area contributed by atoms with E-state index in [1.54, 1.807) is 18.2 Å². The molecule has 0 aromatic heterocycles. The lowest BCUT2D eigenvalue weighted by Crippen LogP contribution is -2.02. The Morgan fingerprint density at radius 3 is 2.33 bits per heavy atom. The van der Waals surface area contributed by atoms with Gasteiger partial charge in [-0.3, -0.25) is 0 Å². The molecular weight excluding hydrogens is 319 g/mol. The van der Waals surface area contributed by atoms with Gasteiger partial charge in [0, 0.05) is 11.4 Å². The number of alkyl halides is 3. The molecule has 2 rings (SSSR count). The van der Waals surface area contributed by atoms with Gasteiger partial charge in [-0.15, -0.1) is 0 Å². The number of anilines is 1. The number of nitrogens with one attached hydrogen (secondary N) is 1. The number of rotatable bonds is 4. The molecule has 0 amide bonds. The molecule has 0 aliphatic rings. The van der Waals surface area contributed by atoms with E-state index in [2.05, 4.69) is 5.32 Å². The third kappa shape index (κ3) is 4.86. The predicted octanol–water partition coefficient (Wildman–Crippen LogP) is 5.87. The van der Waals surface area contributed by atoms with Crippen molar-refractivity contribution in [2.24, 2.45) is 0 Å². The van der Waals surface area contributed by atoms with Crippen molar-refractivity contribution in [1.29, 1.82) is 0 Å². The van der Waals surface area contributed by atoms with Crippen molar-refractivity contribution in [2.45, 2.75) is 23.9 Å². The molecule has 21 heavy (non-hydrogen) atoms. The van der Waals surface area contributed by atoms with Crippen LogP contribution in [0.25, 0.3) is 0 Å². The molecule has 112 valence electrons. The van der Waals surface area contributed by atoms with Crippen LogP contribution in [0, 0.1) is 6.92 Å². The summed E-state index contributed by atoms with van der Waals surface area (Å²) in [5.74, 6) is 0. The quantitative estimate of drug-likeness (QED) is 0.703. The third-order valence-corrected chi connectivity index (χ3v) is 3.90. The molecule has 0 aliphatic carbocycles. The topological polar surface area (TPSA) is 12.0 Å². The molecule has 0 radical (unpaired) electrons. The van der Waals surface area contributed by atoms with E-state index in [0.29, 0.717) is 11.6 Å². The van der Waals surface area contributed by atoms with Gasteiger partial charge in [0.2, 0.25) is 0 Å². The van der Waals surface area contributed by atoms with Gasteiger partial charge in [0.05, 0.1) is 10.7 Å². The second-order valence-electron chi connectivity index (χ2n) is 4.48. The molecular formula is C15H13ClF3NS. The normalized spacial score (nSPS) is 11.5. The molecule has 0 heterocycles. The highest BCUT2D eigenvalue weighted by Crippen LogP contribution is 2.36. The molecule has 0 bridgehead atoms. The van der Waals surface area contributed by atoms with Crippen LogP contribution in [0.1, 0.15) is 11.1 Å². The number of hydrogen-bond donors (Lipinski definition) is 1. The van der Waals surface area contributed by atoms with E-state index in [1.165, 1.54) is 12.1 Å². The van der Waals surface area contributed by atoms with Crippen LogP contribution in [-0.4, -0.2) is 5.51 Å². The Kier molecular flexibility index (Phi) is 5.06.